The number of rotatable bonds is 9. The molecule has 5 rings (SSSR count). The smallest absolute Gasteiger partial charge is 0.119 e. The van der Waals surface area contributed by atoms with Crippen LogP contribution in [0, 0.1) is 17.2 Å². The van der Waals surface area contributed by atoms with Gasteiger partial charge in [-0.05, 0) is 111 Å². The van der Waals surface area contributed by atoms with Gasteiger partial charge in [0, 0.05) is 19.0 Å². The molecular weight excluding hydrogens is 466 g/mol. The standard InChI is InChI=1S/C34H41N3O/c1-3-8-32-27(4-2)17-20-36-34(32,33-16-13-28-9-5-6-10-31(28)33)29-18-22-37(23-19-29)21-7-24-38-30-14-11-26(25-35)12-15-30/h3-6,8-12,14-15,29,33,36H,2,7,13,16-24H2,1H3/b8-3-. The molecule has 0 aromatic heterocycles. The van der Waals surface area contributed by atoms with E-state index in [4.69, 9.17) is 10.00 Å². The molecule has 2 aromatic carbocycles. The van der Waals surface area contributed by atoms with Crippen LogP contribution in [0.25, 0.3) is 0 Å². The van der Waals surface area contributed by atoms with Gasteiger partial charge in [-0.25, -0.2) is 0 Å². The Hall–Kier alpha value is -3.13. The lowest BCUT2D eigenvalue weighted by atomic mass is 9.61. The van der Waals surface area contributed by atoms with Crippen LogP contribution in [0.4, 0.5) is 0 Å². The molecule has 38 heavy (non-hydrogen) atoms. The van der Waals surface area contributed by atoms with E-state index in [1.807, 2.05) is 24.3 Å². The predicted molar refractivity (Wildman–Crippen MR) is 155 cm³/mol. The summed E-state index contributed by atoms with van der Waals surface area (Å²) in [6.45, 7) is 11.4. The van der Waals surface area contributed by atoms with Gasteiger partial charge in [-0.15, -0.1) is 0 Å². The predicted octanol–water partition coefficient (Wildman–Crippen LogP) is 6.56. The summed E-state index contributed by atoms with van der Waals surface area (Å²) >= 11 is 0. The average molecular weight is 508 g/mol. The molecule has 198 valence electrons. The number of ether oxygens (including phenoxy) is 1. The highest BCUT2D eigenvalue weighted by molar-refractivity contribution is 5.50. The largest absolute Gasteiger partial charge is 0.494 e. The zero-order valence-electron chi connectivity index (χ0n) is 22.8. The molecule has 0 radical (unpaired) electrons. The fourth-order valence-electron chi connectivity index (χ4n) is 7.23. The number of nitrogens with one attached hydrogen (secondary N) is 1. The second-order valence-corrected chi connectivity index (χ2v) is 10.9. The summed E-state index contributed by atoms with van der Waals surface area (Å²) in [4.78, 5) is 2.62. The fraction of sp³-hybridized carbons (Fsp3) is 0.441. The van der Waals surface area contributed by atoms with Gasteiger partial charge in [-0.3, -0.25) is 0 Å². The quantitative estimate of drug-likeness (QED) is 0.391. The van der Waals surface area contributed by atoms with Crippen LogP contribution in [-0.2, 0) is 6.42 Å². The second kappa shape index (κ2) is 12.2. The molecule has 2 unspecified atom stereocenters. The zero-order chi connectivity index (χ0) is 26.4. The minimum absolute atomic E-state index is 0.0360. The van der Waals surface area contributed by atoms with Gasteiger partial charge in [0.2, 0.25) is 0 Å². The monoisotopic (exact) mass is 507 g/mol. The summed E-state index contributed by atoms with van der Waals surface area (Å²) in [5, 5.41) is 13.1. The minimum atomic E-state index is -0.0360. The van der Waals surface area contributed by atoms with Crippen LogP contribution in [0.1, 0.15) is 61.6 Å². The Morgan fingerprint density at radius 1 is 1.11 bits per heavy atom. The van der Waals surface area contributed by atoms with E-state index < -0.39 is 0 Å². The number of benzene rings is 2. The van der Waals surface area contributed by atoms with E-state index in [9.17, 15) is 0 Å². The topological polar surface area (TPSA) is 48.3 Å². The van der Waals surface area contributed by atoms with Gasteiger partial charge < -0.3 is 15.0 Å². The van der Waals surface area contributed by atoms with Crippen LogP contribution in [0.3, 0.4) is 0 Å². The number of hydrogen-bond acceptors (Lipinski definition) is 4. The second-order valence-electron chi connectivity index (χ2n) is 10.9. The zero-order valence-corrected chi connectivity index (χ0v) is 22.8. The molecular formula is C34H41N3O. The number of nitriles is 1. The van der Waals surface area contributed by atoms with E-state index in [1.54, 1.807) is 5.56 Å². The molecule has 4 nitrogen and oxygen atoms in total. The van der Waals surface area contributed by atoms with Crippen molar-refractivity contribution in [1.82, 2.24) is 10.2 Å². The molecule has 1 aliphatic carbocycles. The third-order valence-corrected chi connectivity index (χ3v) is 8.97. The SMILES string of the molecule is C=CC1=C(/C=C\C)C(C2CCN(CCCOc3ccc(C#N)cc3)CC2)(C2CCc3ccccc32)NCC1. The molecule has 0 amide bonds. The molecule has 1 fully saturated rings. The van der Waals surface area contributed by atoms with Crippen molar-refractivity contribution in [2.75, 3.05) is 32.8 Å². The Morgan fingerprint density at radius 2 is 1.89 bits per heavy atom. The number of hydrogen-bond donors (Lipinski definition) is 1. The lowest BCUT2D eigenvalue weighted by Gasteiger charge is -2.52. The lowest BCUT2D eigenvalue weighted by Crippen LogP contribution is -2.60. The molecule has 0 saturated carbocycles. The molecule has 1 saturated heterocycles. The van der Waals surface area contributed by atoms with Crippen molar-refractivity contribution in [2.45, 2.75) is 56.9 Å². The highest BCUT2D eigenvalue weighted by Crippen LogP contribution is 2.52. The highest BCUT2D eigenvalue weighted by Gasteiger charge is 2.51. The van der Waals surface area contributed by atoms with E-state index in [0.717, 1.165) is 44.8 Å². The number of nitrogens with zero attached hydrogens (tertiary/aromatic N) is 2. The van der Waals surface area contributed by atoms with Gasteiger partial charge in [0.1, 0.15) is 5.75 Å². The molecule has 2 heterocycles. The van der Waals surface area contributed by atoms with E-state index in [2.05, 4.69) is 72.3 Å². The van der Waals surface area contributed by atoms with Crippen LogP contribution < -0.4 is 10.1 Å². The van der Waals surface area contributed by atoms with Gasteiger partial charge in [0.15, 0.2) is 0 Å². The minimum Gasteiger partial charge on any atom is -0.494 e. The van der Waals surface area contributed by atoms with Crippen LogP contribution in [0.15, 0.2) is 84.5 Å². The third kappa shape index (κ3) is 5.23. The highest BCUT2D eigenvalue weighted by atomic mass is 16.5. The molecule has 4 heteroatoms. The molecule has 0 bridgehead atoms. The van der Waals surface area contributed by atoms with Crippen molar-refractivity contribution in [3.63, 3.8) is 0 Å². The maximum absolute atomic E-state index is 8.97. The van der Waals surface area contributed by atoms with Crippen molar-refractivity contribution in [3.8, 4) is 11.8 Å². The summed E-state index contributed by atoms with van der Waals surface area (Å²) in [6, 6.07) is 18.7. The van der Waals surface area contributed by atoms with Crippen LogP contribution in [-0.4, -0.2) is 43.2 Å². The van der Waals surface area contributed by atoms with E-state index >= 15 is 0 Å². The maximum atomic E-state index is 8.97. The van der Waals surface area contributed by atoms with Crippen LogP contribution >= 0.6 is 0 Å². The molecule has 1 N–H and O–H groups in total. The summed E-state index contributed by atoms with van der Waals surface area (Å²) in [5.74, 6) is 1.93. The van der Waals surface area contributed by atoms with Crippen LogP contribution in [0.5, 0.6) is 5.75 Å². The molecule has 3 aliphatic rings. The van der Waals surface area contributed by atoms with E-state index in [0.29, 0.717) is 24.0 Å². The maximum Gasteiger partial charge on any atom is 0.119 e. The Morgan fingerprint density at radius 3 is 2.63 bits per heavy atom. The van der Waals surface area contributed by atoms with Crippen molar-refractivity contribution < 1.29 is 4.74 Å². The third-order valence-electron chi connectivity index (χ3n) is 8.97. The Labute approximate surface area is 228 Å². The van der Waals surface area contributed by atoms with Crippen molar-refractivity contribution in [3.05, 3.63) is 101 Å². The first-order valence-electron chi connectivity index (χ1n) is 14.4. The number of piperidine rings is 1. The van der Waals surface area contributed by atoms with E-state index in [1.165, 1.54) is 42.4 Å². The number of allylic oxidation sites excluding steroid dienone is 2. The summed E-state index contributed by atoms with van der Waals surface area (Å²) in [6.07, 6.45) is 13.6. The van der Waals surface area contributed by atoms with Gasteiger partial charge in [-0.1, -0.05) is 49.1 Å². The van der Waals surface area contributed by atoms with Crippen LogP contribution in [0.2, 0.25) is 0 Å². The van der Waals surface area contributed by atoms with Gasteiger partial charge >= 0.3 is 0 Å². The van der Waals surface area contributed by atoms with Gasteiger partial charge in [-0.2, -0.15) is 5.26 Å². The summed E-state index contributed by atoms with van der Waals surface area (Å²) in [5.41, 5.74) is 6.62. The normalized spacial score (nSPS) is 24.4. The lowest BCUT2D eigenvalue weighted by molar-refractivity contribution is 0.102. The number of likely N-dealkylation sites (tertiary alicyclic amines) is 1. The first-order valence-corrected chi connectivity index (χ1v) is 14.4. The van der Waals surface area contributed by atoms with Gasteiger partial charge in [0.25, 0.3) is 0 Å². The average Bonchev–Trinajstić information content (AvgIpc) is 3.41. The first kappa shape index (κ1) is 26.5. The molecule has 2 atom stereocenters. The number of fused-ring (bicyclic) bond motifs is 1. The van der Waals surface area contributed by atoms with Crippen molar-refractivity contribution >= 4 is 0 Å². The van der Waals surface area contributed by atoms with Crippen molar-refractivity contribution in [2.24, 2.45) is 5.92 Å². The molecule has 0 spiro atoms. The first-order chi connectivity index (χ1) is 18.7. The number of aryl methyl sites for hydroxylation is 1. The Kier molecular flexibility index (Phi) is 8.47. The van der Waals surface area contributed by atoms with Gasteiger partial charge in [0.05, 0.1) is 23.8 Å². The Balaban J connectivity index is 1.28. The summed E-state index contributed by atoms with van der Waals surface area (Å²) in [7, 11) is 0. The van der Waals surface area contributed by atoms with E-state index in [-0.39, 0.29) is 5.54 Å². The Bertz CT molecular complexity index is 1210. The molecule has 2 aromatic rings. The summed E-state index contributed by atoms with van der Waals surface area (Å²) < 4.78 is 5.93. The fourth-order valence-corrected chi connectivity index (χ4v) is 7.23. The molecule has 2 aliphatic heterocycles. The van der Waals surface area contributed by atoms with Crippen molar-refractivity contribution in [1.29, 1.82) is 5.26 Å².